The SMILES string of the molecule is N#CC12OC(=O)CC(O)(CC(=O)OC1NCC[C@]1(c3ccc(Cl)c(Cl)c3)CCCNC1)C(=O)O2. The monoisotopic (exact) mass is 511 g/mol. The van der Waals surface area contributed by atoms with Gasteiger partial charge in [0.05, 0.1) is 22.9 Å². The lowest BCUT2D eigenvalue weighted by molar-refractivity contribution is -0.251. The van der Waals surface area contributed by atoms with Crippen molar-refractivity contribution in [2.75, 3.05) is 19.6 Å². The summed E-state index contributed by atoms with van der Waals surface area (Å²) in [6.45, 7) is 1.71. The third-order valence-electron chi connectivity index (χ3n) is 6.45. The summed E-state index contributed by atoms with van der Waals surface area (Å²) in [6, 6.07) is 7.08. The number of hydrogen-bond acceptors (Lipinski definition) is 10. The van der Waals surface area contributed by atoms with E-state index in [2.05, 4.69) is 10.6 Å². The highest BCUT2D eigenvalue weighted by atomic mass is 35.5. The van der Waals surface area contributed by atoms with Crippen molar-refractivity contribution in [3.05, 3.63) is 33.8 Å². The molecule has 34 heavy (non-hydrogen) atoms. The quantitative estimate of drug-likeness (QED) is 0.494. The predicted molar refractivity (Wildman–Crippen MR) is 117 cm³/mol. The molecule has 3 N–H and O–H groups in total. The second kappa shape index (κ2) is 9.32. The van der Waals surface area contributed by atoms with E-state index in [9.17, 15) is 24.8 Å². The van der Waals surface area contributed by atoms with Crippen LogP contribution in [0.25, 0.3) is 0 Å². The van der Waals surface area contributed by atoms with Gasteiger partial charge in [-0.15, -0.1) is 0 Å². The van der Waals surface area contributed by atoms with Crippen LogP contribution in [0.4, 0.5) is 0 Å². The van der Waals surface area contributed by atoms with Gasteiger partial charge in [0.15, 0.2) is 11.7 Å². The average Bonchev–Trinajstić information content (AvgIpc) is 2.86. The summed E-state index contributed by atoms with van der Waals surface area (Å²) >= 11 is 12.3. The highest BCUT2D eigenvalue weighted by Crippen LogP contribution is 2.38. The standard InChI is InChI=1S/C22H23Cl2N3O7/c23-14-3-2-13(8-15(14)24)20(4-1-6-26-12-20)5-7-27-18-22(11-25)33-17(29)10-21(31,19(30)34-22)9-16(28)32-18/h2-3,8,18,26-27,31H,1,4-7,9-10,12H2/t18?,20-,21?,22?/m1/s1. The number of carbonyl (C=O) groups is 3. The maximum absolute atomic E-state index is 12.5. The third kappa shape index (κ3) is 4.59. The van der Waals surface area contributed by atoms with Crippen LogP contribution in [0, 0.1) is 11.3 Å². The van der Waals surface area contributed by atoms with Gasteiger partial charge in [-0.25, -0.2) is 4.79 Å². The molecule has 3 unspecified atom stereocenters. The van der Waals surface area contributed by atoms with Gasteiger partial charge < -0.3 is 24.6 Å². The van der Waals surface area contributed by atoms with Crippen molar-refractivity contribution in [3.8, 4) is 6.07 Å². The number of nitrogens with zero attached hydrogens (tertiary/aromatic N) is 1. The zero-order valence-electron chi connectivity index (χ0n) is 18.1. The van der Waals surface area contributed by atoms with Gasteiger partial charge >= 0.3 is 23.7 Å². The lowest BCUT2D eigenvalue weighted by atomic mass is 9.72. The second-order valence-corrected chi connectivity index (χ2v) is 9.61. The largest absolute Gasteiger partial charge is 0.436 e. The summed E-state index contributed by atoms with van der Waals surface area (Å²) in [5.41, 5.74) is -1.83. The number of nitrogens with one attached hydrogen (secondary N) is 2. The molecule has 0 aromatic heterocycles. The van der Waals surface area contributed by atoms with Crippen LogP contribution in [0.3, 0.4) is 0 Å². The van der Waals surface area contributed by atoms with Crippen LogP contribution >= 0.6 is 23.2 Å². The summed E-state index contributed by atoms with van der Waals surface area (Å²) in [5, 5.41) is 27.3. The molecule has 0 spiro atoms. The smallest absolute Gasteiger partial charge is 0.399 e. The van der Waals surface area contributed by atoms with Gasteiger partial charge in [-0.05, 0) is 50.0 Å². The van der Waals surface area contributed by atoms with Crippen LogP contribution in [-0.2, 0) is 34.0 Å². The zero-order valence-corrected chi connectivity index (χ0v) is 19.6. The molecule has 3 saturated heterocycles. The highest BCUT2D eigenvalue weighted by molar-refractivity contribution is 6.42. The maximum atomic E-state index is 12.5. The van der Waals surface area contributed by atoms with Crippen LogP contribution in [-0.4, -0.2) is 60.3 Å². The molecule has 182 valence electrons. The van der Waals surface area contributed by atoms with Gasteiger partial charge in [-0.2, -0.15) is 5.26 Å². The van der Waals surface area contributed by atoms with Crippen molar-refractivity contribution in [1.29, 1.82) is 5.26 Å². The van der Waals surface area contributed by atoms with Gasteiger partial charge in [-0.3, -0.25) is 14.9 Å². The van der Waals surface area contributed by atoms with E-state index in [0.717, 1.165) is 24.9 Å². The lowest BCUT2D eigenvalue weighted by Gasteiger charge is -2.40. The van der Waals surface area contributed by atoms with Gasteiger partial charge in [-0.1, -0.05) is 29.3 Å². The number of rotatable bonds is 5. The van der Waals surface area contributed by atoms with Crippen LogP contribution in [0.1, 0.15) is 37.7 Å². The minimum Gasteiger partial charge on any atom is -0.436 e. The Balaban J connectivity index is 1.57. The van der Waals surface area contributed by atoms with Crippen molar-refractivity contribution in [2.24, 2.45) is 0 Å². The Morgan fingerprint density at radius 3 is 2.62 bits per heavy atom. The fraction of sp³-hybridized carbons (Fsp3) is 0.545. The molecule has 3 heterocycles. The van der Waals surface area contributed by atoms with E-state index in [0.29, 0.717) is 23.0 Å². The van der Waals surface area contributed by atoms with Crippen LogP contribution < -0.4 is 10.6 Å². The second-order valence-electron chi connectivity index (χ2n) is 8.79. The number of fused-ring (bicyclic) bond motifs is 3. The molecule has 10 nitrogen and oxygen atoms in total. The van der Waals surface area contributed by atoms with Gasteiger partial charge in [0.2, 0.25) is 6.23 Å². The molecule has 12 heteroatoms. The molecule has 0 aliphatic carbocycles. The Labute approximate surface area is 205 Å². The van der Waals surface area contributed by atoms with Gasteiger partial charge in [0.1, 0.15) is 0 Å². The van der Waals surface area contributed by atoms with Gasteiger partial charge in [0, 0.05) is 12.0 Å². The van der Waals surface area contributed by atoms with Crippen molar-refractivity contribution in [3.63, 3.8) is 0 Å². The minimum atomic E-state index is -2.57. The topological polar surface area (TPSA) is 147 Å². The number of ether oxygens (including phenoxy) is 3. The summed E-state index contributed by atoms with van der Waals surface area (Å²) in [5.74, 6) is -5.92. The number of carbonyl (C=O) groups excluding carboxylic acids is 3. The van der Waals surface area contributed by atoms with Crippen molar-refractivity contribution >= 4 is 41.1 Å². The number of piperidine rings is 1. The molecule has 0 saturated carbocycles. The zero-order chi connectivity index (χ0) is 24.6. The number of esters is 3. The van der Waals surface area contributed by atoms with E-state index in [4.69, 9.17) is 37.4 Å². The molecular formula is C22H23Cl2N3O7. The molecule has 3 fully saturated rings. The number of nitriles is 1. The lowest BCUT2D eigenvalue weighted by Crippen LogP contribution is -2.60. The number of halogens is 2. The van der Waals surface area contributed by atoms with E-state index in [1.54, 1.807) is 12.1 Å². The number of aliphatic hydroxyl groups is 1. The van der Waals surface area contributed by atoms with Crippen LogP contribution in [0.2, 0.25) is 10.0 Å². The normalized spacial score (nSPS) is 33.6. The average molecular weight is 512 g/mol. The first kappa shape index (κ1) is 24.7. The molecular weight excluding hydrogens is 489 g/mol. The van der Waals surface area contributed by atoms with E-state index in [1.807, 2.05) is 12.1 Å². The van der Waals surface area contributed by atoms with Crippen molar-refractivity contribution in [2.45, 2.75) is 55.1 Å². The van der Waals surface area contributed by atoms with Crippen molar-refractivity contribution in [1.82, 2.24) is 10.6 Å². The Bertz CT molecular complexity index is 1060. The first-order valence-electron chi connectivity index (χ1n) is 10.8. The van der Waals surface area contributed by atoms with Crippen LogP contribution in [0.5, 0.6) is 0 Å². The molecule has 1 aromatic carbocycles. The summed E-state index contributed by atoms with van der Waals surface area (Å²) < 4.78 is 15.5. The Morgan fingerprint density at radius 1 is 1.18 bits per heavy atom. The fourth-order valence-corrected chi connectivity index (χ4v) is 4.92. The van der Waals surface area contributed by atoms with E-state index in [-0.39, 0.29) is 12.0 Å². The molecule has 3 aliphatic heterocycles. The molecule has 1 aromatic rings. The van der Waals surface area contributed by atoms with E-state index in [1.165, 1.54) is 0 Å². The van der Waals surface area contributed by atoms with Crippen molar-refractivity contribution < 1.29 is 33.7 Å². The Hall–Kier alpha value is -2.42. The summed E-state index contributed by atoms with van der Waals surface area (Å²) in [7, 11) is 0. The molecule has 0 radical (unpaired) electrons. The van der Waals surface area contributed by atoms with Crippen LogP contribution in [0.15, 0.2) is 18.2 Å². The van der Waals surface area contributed by atoms with Gasteiger partial charge in [0.25, 0.3) is 0 Å². The Morgan fingerprint density at radius 2 is 1.94 bits per heavy atom. The molecule has 0 amide bonds. The van der Waals surface area contributed by atoms with E-state index < -0.39 is 48.4 Å². The number of benzene rings is 1. The maximum Gasteiger partial charge on any atom is 0.399 e. The molecule has 4 atom stereocenters. The molecule has 3 aliphatic rings. The molecule has 2 bridgehead atoms. The number of hydrogen-bond donors (Lipinski definition) is 3. The summed E-state index contributed by atoms with van der Waals surface area (Å²) in [6.07, 6.45) is -0.970. The number of cyclic esters (lactones) is 1. The third-order valence-corrected chi connectivity index (χ3v) is 7.19. The predicted octanol–water partition coefficient (Wildman–Crippen LogP) is 1.31. The van der Waals surface area contributed by atoms with E-state index >= 15 is 0 Å². The summed E-state index contributed by atoms with van der Waals surface area (Å²) in [4.78, 5) is 37.1. The highest BCUT2D eigenvalue weighted by Gasteiger charge is 2.60. The first-order valence-corrected chi connectivity index (χ1v) is 11.6. The molecule has 4 rings (SSSR count). The minimum absolute atomic E-state index is 0.197. The fourth-order valence-electron chi connectivity index (χ4n) is 4.62. The Kier molecular flexibility index (Phi) is 6.77. The first-order chi connectivity index (χ1) is 16.1.